The van der Waals surface area contributed by atoms with E-state index in [1.807, 2.05) is 52.0 Å². The van der Waals surface area contributed by atoms with Crippen molar-refractivity contribution >= 4 is 74.6 Å². The fourth-order valence-electron chi connectivity index (χ4n) is 8.62. The van der Waals surface area contributed by atoms with Gasteiger partial charge < -0.3 is 40.3 Å². The van der Waals surface area contributed by atoms with Gasteiger partial charge in [0, 0.05) is 47.0 Å². The predicted molar refractivity (Wildman–Crippen MR) is 236 cm³/mol. The van der Waals surface area contributed by atoms with Crippen LogP contribution in [0.25, 0.3) is 44.9 Å². The highest BCUT2D eigenvalue weighted by atomic mass is 16.5. The highest BCUT2D eigenvalue weighted by molar-refractivity contribution is 6.02. The fraction of sp³-hybridized carbons (Fsp3) is 0.383. The lowest BCUT2D eigenvalue weighted by atomic mass is 9.64. The van der Waals surface area contributed by atoms with E-state index in [9.17, 15) is 24.0 Å². The number of hydrogen-bond donors (Lipinski definition) is 5. The van der Waals surface area contributed by atoms with Gasteiger partial charge in [0.2, 0.25) is 5.91 Å². The summed E-state index contributed by atoms with van der Waals surface area (Å²) in [5.41, 5.74) is 15.7. The van der Waals surface area contributed by atoms with Gasteiger partial charge in [0.25, 0.3) is 0 Å². The molecular formula is C47H54N6O9. The van der Waals surface area contributed by atoms with Crippen molar-refractivity contribution in [2.75, 3.05) is 27.9 Å². The Morgan fingerprint density at radius 1 is 0.871 bits per heavy atom. The van der Waals surface area contributed by atoms with Crippen molar-refractivity contribution in [3.05, 3.63) is 93.6 Å². The first-order valence-corrected chi connectivity index (χ1v) is 20.6. The Bertz CT molecular complexity index is 2630. The normalized spacial score (nSPS) is 17.3. The highest BCUT2D eigenvalue weighted by Crippen LogP contribution is 2.52. The summed E-state index contributed by atoms with van der Waals surface area (Å²) in [5.74, 6) is -3.98. The largest absolute Gasteiger partial charge is 0.480 e. The van der Waals surface area contributed by atoms with Gasteiger partial charge in [-0.2, -0.15) is 0 Å². The molecule has 15 heteroatoms. The Morgan fingerprint density at radius 2 is 1.56 bits per heavy atom. The van der Waals surface area contributed by atoms with E-state index in [0.29, 0.717) is 78.0 Å². The quantitative estimate of drug-likeness (QED) is 0.0642. The number of allylic oxidation sites excluding steroid dienone is 5. The smallest absolute Gasteiger partial charge is 0.334 e. The lowest BCUT2D eigenvalue weighted by molar-refractivity contribution is -0.149. The number of fused-ring (bicyclic) bond motifs is 11. The Hall–Kier alpha value is -6.61. The third-order valence-corrected chi connectivity index (χ3v) is 12.3. The van der Waals surface area contributed by atoms with Crippen molar-refractivity contribution < 1.29 is 43.3 Å². The van der Waals surface area contributed by atoms with Crippen molar-refractivity contribution in [2.24, 2.45) is 11.7 Å². The number of aromatic nitrogens is 4. The van der Waals surface area contributed by atoms with Crippen LogP contribution in [0.5, 0.6) is 0 Å². The number of ether oxygens (including phenoxy) is 3. The van der Waals surface area contributed by atoms with Gasteiger partial charge in [-0.05, 0) is 117 Å². The van der Waals surface area contributed by atoms with E-state index in [2.05, 4.69) is 21.9 Å². The first-order chi connectivity index (χ1) is 29.6. The number of nitrogens with one attached hydrogen (secondary N) is 3. The van der Waals surface area contributed by atoms with E-state index < -0.39 is 35.3 Å². The predicted octanol–water partition coefficient (Wildman–Crippen LogP) is 6.33. The van der Waals surface area contributed by atoms with Crippen LogP contribution in [-0.4, -0.2) is 88.7 Å². The average molecular weight is 847 g/mol. The van der Waals surface area contributed by atoms with Crippen LogP contribution in [-0.2, 0) is 50.0 Å². The SMILES string of the molecule is C=Cc1c(C)c2cc3nc(cc4[nH]c(cc5nc(cc1[nH]2)C(C)=C5CCC(=O)NCCCC[C@H](N)C(=O)O)c(CCC(=O)OC)c4C)[C@@]1(C)C3=CC=C(C(=O)OC)[C@H]1C(=O)OC. The number of rotatable bonds is 15. The molecule has 0 unspecified atom stereocenters. The maximum atomic E-state index is 13.8. The minimum atomic E-state index is -1.19. The molecule has 1 aliphatic carbocycles. The third-order valence-electron chi connectivity index (χ3n) is 12.3. The number of aromatic amines is 2. The second-order valence-corrected chi connectivity index (χ2v) is 15.9. The number of nitrogens with two attached hydrogens (primary N) is 1. The number of unbranched alkanes of at least 4 members (excludes halogenated alkanes) is 1. The summed E-state index contributed by atoms with van der Waals surface area (Å²) in [6.07, 6.45) is 7.63. The number of hydrogen-bond acceptors (Lipinski definition) is 11. The number of nitrogens with zero attached hydrogens (tertiary/aromatic N) is 2. The topological polar surface area (TPSA) is 229 Å². The van der Waals surface area contributed by atoms with Crippen LogP contribution in [0.3, 0.4) is 0 Å². The molecule has 62 heavy (non-hydrogen) atoms. The number of aliphatic carboxylic acids is 1. The zero-order valence-corrected chi connectivity index (χ0v) is 36.2. The molecule has 0 spiro atoms. The molecule has 3 atom stereocenters. The van der Waals surface area contributed by atoms with Gasteiger partial charge in [0.1, 0.15) is 12.0 Å². The molecule has 0 aromatic carbocycles. The Morgan fingerprint density at radius 3 is 2.24 bits per heavy atom. The summed E-state index contributed by atoms with van der Waals surface area (Å²) in [6, 6.07) is 6.75. The van der Waals surface area contributed by atoms with Crippen LogP contribution in [0.2, 0.25) is 0 Å². The summed E-state index contributed by atoms with van der Waals surface area (Å²) < 4.78 is 15.5. The van der Waals surface area contributed by atoms with E-state index in [4.69, 9.17) is 35.0 Å². The zero-order chi connectivity index (χ0) is 45.0. The minimum absolute atomic E-state index is 0.103. The van der Waals surface area contributed by atoms with Gasteiger partial charge in [0.15, 0.2) is 0 Å². The van der Waals surface area contributed by atoms with Gasteiger partial charge >= 0.3 is 23.9 Å². The third kappa shape index (κ3) is 8.62. The number of methoxy groups -OCH3 is 3. The maximum absolute atomic E-state index is 13.8. The molecule has 6 rings (SSSR count). The molecule has 6 N–H and O–H groups in total. The summed E-state index contributed by atoms with van der Waals surface area (Å²) in [7, 11) is 3.89. The average Bonchev–Trinajstić information content (AvgIpc) is 3.91. The van der Waals surface area contributed by atoms with Crippen molar-refractivity contribution in [3.63, 3.8) is 0 Å². The van der Waals surface area contributed by atoms with Crippen LogP contribution < -0.4 is 11.1 Å². The summed E-state index contributed by atoms with van der Waals surface area (Å²) >= 11 is 0. The monoisotopic (exact) mass is 846 g/mol. The number of esters is 3. The molecule has 0 radical (unpaired) electrons. The van der Waals surface area contributed by atoms with Crippen LogP contribution >= 0.6 is 0 Å². The summed E-state index contributed by atoms with van der Waals surface area (Å²) in [5, 5.41) is 12.0. The van der Waals surface area contributed by atoms with Crippen LogP contribution in [0.4, 0.5) is 0 Å². The highest BCUT2D eigenvalue weighted by Gasteiger charge is 2.53. The fourth-order valence-corrected chi connectivity index (χ4v) is 8.62. The number of carboxylic acids is 1. The van der Waals surface area contributed by atoms with Gasteiger partial charge in [-0.3, -0.25) is 24.2 Å². The molecule has 2 aliphatic heterocycles. The lowest BCUT2D eigenvalue weighted by Crippen LogP contribution is -2.42. The zero-order valence-electron chi connectivity index (χ0n) is 36.2. The van der Waals surface area contributed by atoms with Gasteiger partial charge in [-0.25, -0.2) is 9.78 Å². The molecule has 3 aromatic heterocycles. The molecule has 3 aromatic rings. The van der Waals surface area contributed by atoms with E-state index >= 15 is 0 Å². The number of amides is 1. The summed E-state index contributed by atoms with van der Waals surface area (Å²) in [6.45, 7) is 12.3. The molecule has 8 bridgehead atoms. The number of carbonyl (C=O) groups excluding carboxylic acids is 4. The van der Waals surface area contributed by atoms with Gasteiger partial charge in [0.05, 0.1) is 55.1 Å². The molecular weight excluding hydrogens is 793 g/mol. The molecule has 326 valence electrons. The van der Waals surface area contributed by atoms with E-state index in [1.54, 1.807) is 18.2 Å². The Balaban J connectivity index is 1.57. The van der Waals surface area contributed by atoms with Gasteiger partial charge in [-0.1, -0.05) is 24.8 Å². The number of carbonyl (C=O) groups is 5. The van der Waals surface area contributed by atoms with E-state index in [0.717, 1.165) is 44.4 Å². The molecule has 1 amide bonds. The van der Waals surface area contributed by atoms with E-state index in [-0.39, 0.29) is 30.3 Å². The molecule has 15 nitrogen and oxygen atoms in total. The summed E-state index contributed by atoms with van der Waals surface area (Å²) in [4.78, 5) is 81.2. The van der Waals surface area contributed by atoms with Crippen LogP contribution in [0, 0.1) is 19.8 Å². The maximum Gasteiger partial charge on any atom is 0.334 e. The first-order valence-electron chi connectivity index (χ1n) is 20.6. The minimum Gasteiger partial charge on any atom is -0.480 e. The van der Waals surface area contributed by atoms with Gasteiger partial charge in [-0.15, -0.1) is 0 Å². The number of aryl methyl sites for hydroxylation is 3. The molecule has 0 saturated carbocycles. The number of H-pyrrole nitrogens is 2. The molecule has 3 aliphatic rings. The molecule has 0 fully saturated rings. The molecule has 0 saturated heterocycles. The van der Waals surface area contributed by atoms with Crippen LogP contribution in [0.1, 0.15) is 97.4 Å². The number of carboxylic acid groups (broad SMARTS) is 1. The first kappa shape index (κ1) is 44.9. The van der Waals surface area contributed by atoms with E-state index in [1.165, 1.54) is 21.3 Å². The second-order valence-electron chi connectivity index (χ2n) is 15.9. The lowest BCUT2D eigenvalue weighted by Gasteiger charge is -2.36. The van der Waals surface area contributed by atoms with Crippen molar-refractivity contribution in [1.29, 1.82) is 0 Å². The Labute approximate surface area is 359 Å². The van der Waals surface area contributed by atoms with Crippen LogP contribution in [0.15, 0.2) is 48.6 Å². The van der Waals surface area contributed by atoms with Crippen molar-refractivity contribution in [3.8, 4) is 0 Å². The standard InChI is InChI=1S/C47H54N6O9/c1-9-27-24(2)34-21-39-31-16-13-30(45(58)61-7)43(46(59)62-8)47(31,5)40(53-39)23-35-26(4)29(15-18-42(55)60-6)38(52-35)22-37-28(25(3)33(51-37)20-36(27)50-34)14-17-41(54)49-19-11-10-12-32(48)44(56)57/h9,13,16,20-23,32,43,50,52H,1,10-12,14-15,17-19,48H2,2-8H3,(H,49,54)(H,56,57)/t32-,43-,47+/m0/s1. The van der Waals surface area contributed by atoms with Crippen molar-refractivity contribution in [2.45, 2.75) is 84.1 Å². The molecule has 5 heterocycles. The van der Waals surface area contributed by atoms with Crippen molar-refractivity contribution in [1.82, 2.24) is 25.3 Å². The Kier molecular flexibility index (Phi) is 13.5. The second kappa shape index (κ2) is 18.6.